The fourth-order valence-electron chi connectivity index (χ4n) is 3.33. The first-order valence-corrected chi connectivity index (χ1v) is 10.9. The number of rotatable bonds is 5. The molecule has 0 spiro atoms. The lowest BCUT2D eigenvalue weighted by Crippen LogP contribution is -2.52. The van der Waals surface area contributed by atoms with Crippen molar-refractivity contribution >= 4 is 27.5 Å². The van der Waals surface area contributed by atoms with Gasteiger partial charge in [0.25, 0.3) is 0 Å². The lowest BCUT2D eigenvalue weighted by atomic mass is 10.0. The molecule has 2 aromatic rings. The number of carbonyl (C=O) groups is 1. The van der Waals surface area contributed by atoms with Crippen LogP contribution in [0.1, 0.15) is 11.6 Å². The SMILES string of the molecule is CN1CCN(C(=O)CN(C)S(=O)(=O)c2ccc(Cl)cc2)[C@H](c2ccccc2)C1. The van der Waals surface area contributed by atoms with Crippen molar-refractivity contribution in [2.75, 3.05) is 40.3 Å². The molecule has 1 saturated heterocycles. The second-order valence-corrected chi connectivity index (χ2v) is 9.47. The number of likely N-dealkylation sites (N-methyl/N-ethyl adjacent to an activating group) is 2. The molecule has 0 bridgehead atoms. The summed E-state index contributed by atoms with van der Waals surface area (Å²) in [7, 11) is -0.317. The van der Waals surface area contributed by atoms with E-state index in [4.69, 9.17) is 11.6 Å². The Kier molecular flexibility index (Phi) is 6.40. The van der Waals surface area contributed by atoms with E-state index in [2.05, 4.69) is 4.90 Å². The summed E-state index contributed by atoms with van der Waals surface area (Å²) in [5.41, 5.74) is 1.05. The van der Waals surface area contributed by atoms with Crippen LogP contribution >= 0.6 is 11.6 Å². The maximum absolute atomic E-state index is 13.0. The second-order valence-electron chi connectivity index (χ2n) is 6.99. The van der Waals surface area contributed by atoms with E-state index in [9.17, 15) is 13.2 Å². The predicted molar refractivity (Wildman–Crippen MR) is 110 cm³/mol. The van der Waals surface area contributed by atoms with Gasteiger partial charge in [0.05, 0.1) is 17.5 Å². The Bertz CT molecular complexity index is 919. The summed E-state index contributed by atoms with van der Waals surface area (Å²) < 4.78 is 26.6. The van der Waals surface area contributed by atoms with E-state index >= 15 is 0 Å². The highest BCUT2D eigenvalue weighted by Gasteiger charge is 2.32. The Balaban J connectivity index is 1.77. The molecule has 2 aromatic carbocycles. The molecule has 0 aromatic heterocycles. The van der Waals surface area contributed by atoms with E-state index in [1.54, 1.807) is 4.90 Å². The third kappa shape index (κ3) is 4.55. The van der Waals surface area contributed by atoms with Crippen LogP contribution in [0, 0.1) is 0 Å². The van der Waals surface area contributed by atoms with Gasteiger partial charge in [-0.2, -0.15) is 4.31 Å². The van der Waals surface area contributed by atoms with E-state index < -0.39 is 10.0 Å². The van der Waals surface area contributed by atoms with E-state index in [1.165, 1.54) is 31.3 Å². The highest BCUT2D eigenvalue weighted by atomic mass is 35.5. The van der Waals surface area contributed by atoms with Crippen molar-refractivity contribution in [3.05, 3.63) is 65.2 Å². The number of sulfonamides is 1. The molecule has 1 amide bonds. The Morgan fingerprint density at radius 2 is 1.75 bits per heavy atom. The molecular weight excluding hydrogens is 398 g/mol. The van der Waals surface area contributed by atoms with Crippen LogP contribution in [0.25, 0.3) is 0 Å². The highest BCUT2D eigenvalue weighted by molar-refractivity contribution is 7.89. The van der Waals surface area contributed by atoms with Gasteiger partial charge < -0.3 is 9.80 Å². The van der Waals surface area contributed by atoms with Gasteiger partial charge in [-0.15, -0.1) is 0 Å². The summed E-state index contributed by atoms with van der Waals surface area (Å²) in [6.07, 6.45) is 0. The second kappa shape index (κ2) is 8.61. The summed E-state index contributed by atoms with van der Waals surface area (Å²) in [5.74, 6) is -0.206. The molecule has 0 N–H and O–H groups in total. The first-order valence-electron chi connectivity index (χ1n) is 9.04. The molecule has 1 aliphatic rings. The highest BCUT2D eigenvalue weighted by Crippen LogP contribution is 2.25. The van der Waals surface area contributed by atoms with Crippen LogP contribution in [0.4, 0.5) is 0 Å². The average molecular weight is 422 g/mol. The smallest absolute Gasteiger partial charge is 0.243 e. The van der Waals surface area contributed by atoms with Crippen molar-refractivity contribution in [2.45, 2.75) is 10.9 Å². The first kappa shape index (κ1) is 20.8. The molecule has 3 rings (SSSR count). The number of carbonyl (C=O) groups excluding carboxylic acids is 1. The Morgan fingerprint density at radius 1 is 1.11 bits per heavy atom. The largest absolute Gasteiger partial charge is 0.332 e. The molecule has 6 nitrogen and oxygen atoms in total. The molecule has 0 radical (unpaired) electrons. The van der Waals surface area contributed by atoms with Crippen molar-refractivity contribution in [3.63, 3.8) is 0 Å². The zero-order chi connectivity index (χ0) is 20.3. The van der Waals surface area contributed by atoms with Crippen LogP contribution in [0.15, 0.2) is 59.5 Å². The fourth-order valence-corrected chi connectivity index (χ4v) is 4.58. The van der Waals surface area contributed by atoms with Gasteiger partial charge in [0, 0.05) is 31.7 Å². The van der Waals surface area contributed by atoms with Crippen molar-refractivity contribution in [3.8, 4) is 0 Å². The molecule has 150 valence electrons. The number of nitrogens with zero attached hydrogens (tertiary/aromatic N) is 3. The molecule has 1 aliphatic heterocycles. The molecular formula is C20H24ClN3O3S. The van der Waals surface area contributed by atoms with Crippen molar-refractivity contribution < 1.29 is 13.2 Å². The van der Waals surface area contributed by atoms with E-state index in [0.29, 0.717) is 18.1 Å². The normalized spacial score (nSPS) is 18.4. The van der Waals surface area contributed by atoms with E-state index in [-0.39, 0.29) is 23.4 Å². The molecule has 0 aliphatic carbocycles. The summed E-state index contributed by atoms with van der Waals surface area (Å²) >= 11 is 5.84. The molecule has 0 saturated carbocycles. The van der Waals surface area contributed by atoms with Gasteiger partial charge in [0.15, 0.2) is 0 Å². The maximum atomic E-state index is 13.0. The van der Waals surface area contributed by atoms with Gasteiger partial charge in [-0.1, -0.05) is 41.9 Å². The quantitative estimate of drug-likeness (QED) is 0.744. The standard InChI is InChI=1S/C20H24ClN3O3S/c1-22-12-13-24(19(14-22)16-6-4-3-5-7-16)20(25)15-23(2)28(26,27)18-10-8-17(21)9-11-18/h3-11,19H,12-15H2,1-2H3/t19-/m0/s1. The van der Waals surface area contributed by atoms with Crippen molar-refractivity contribution in [1.29, 1.82) is 0 Å². The lowest BCUT2D eigenvalue weighted by molar-refractivity contribution is -0.136. The predicted octanol–water partition coefficient (Wildman–Crippen LogP) is 2.48. The number of hydrogen-bond acceptors (Lipinski definition) is 4. The van der Waals surface area contributed by atoms with Gasteiger partial charge in [-0.25, -0.2) is 8.42 Å². The third-order valence-electron chi connectivity index (χ3n) is 4.97. The Hall–Kier alpha value is -1.93. The monoisotopic (exact) mass is 421 g/mol. The Labute approximate surface area is 171 Å². The zero-order valence-electron chi connectivity index (χ0n) is 16.0. The molecule has 0 unspecified atom stereocenters. The van der Waals surface area contributed by atoms with Gasteiger partial charge in [-0.05, 0) is 36.9 Å². The average Bonchev–Trinajstić information content (AvgIpc) is 2.68. The van der Waals surface area contributed by atoms with E-state index in [0.717, 1.165) is 16.4 Å². The fraction of sp³-hybridized carbons (Fsp3) is 0.350. The molecule has 8 heteroatoms. The molecule has 1 atom stereocenters. The van der Waals surface area contributed by atoms with Crippen LogP contribution in [-0.2, 0) is 14.8 Å². The van der Waals surface area contributed by atoms with Crippen LogP contribution < -0.4 is 0 Å². The minimum atomic E-state index is -3.77. The number of piperazine rings is 1. The summed E-state index contributed by atoms with van der Waals surface area (Å²) in [5, 5.41) is 0.459. The van der Waals surface area contributed by atoms with Gasteiger partial charge in [0.2, 0.25) is 15.9 Å². The molecule has 1 fully saturated rings. The van der Waals surface area contributed by atoms with Gasteiger partial charge in [-0.3, -0.25) is 4.79 Å². The lowest BCUT2D eigenvalue weighted by Gasteiger charge is -2.40. The zero-order valence-corrected chi connectivity index (χ0v) is 17.5. The van der Waals surface area contributed by atoms with Crippen molar-refractivity contribution in [1.82, 2.24) is 14.1 Å². The number of amides is 1. The minimum absolute atomic E-state index is 0.0981. The minimum Gasteiger partial charge on any atom is -0.332 e. The van der Waals surface area contributed by atoms with Crippen LogP contribution in [0.2, 0.25) is 5.02 Å². The van der Waals surface area contributed by atoms with Gasteiger partial charge >= 0.3 is 0 Å². The van der Waals surface area contributed by atoms with E-state index in [1.807, 2.05) is 37.4 Å². The van der Waals surface area contributed by atoms with Gasteiger partial charge in [0.1, 0.15) is 0 Å². The molecule has 1 heterocycles. The summed E-state index contributed by atoms with van der Waals surface area (Å²) in [4.78, 5) is 17.1. The molecule has 28 heavy (non-hydrogen) atoms. The topological polar surface area (TPSA) is 60.9 Å². The Morgan fingerprint density at radius 3 is 2.39 bits per heavy atom. The number of hydrogen-bond donors (Lipinski definition) is 0. The van der Waals surface area contributed by atoms with Crippen LogP contribution in [-0.4, -0.2) is 68.7 Å². The first-order chi connectivity index (χ1) is 13.3. The number of benzene rings is 2. The maximum Gasteiger partial charge on any atom is 0.243 e. The van der Waals surface area contributed by atoms with Crippen LogP contribution in [0.3, 0.4) is 0 Å². The van der Waals surface area contributed by atoms with Crippen LogP contribution in [0.5, 0.6) is 0 Å². The summed E-state index contributed by atoms with van der Waals surface area (Å²) in [6.45, 7) is 1.81. The number of halogens is 1. The summed E-state index contributed by atoms with van der Waals surface area (Å²) in [6, 6.07) is 15.7. The third-order valence-corrected chi connectivity index (χ3v) is 7.04. The van der Waals surface area contributed by atoms with Crippen molar-refractivity contribution in [2.24, 2.45) is 0 Å².